The summed E-state index contributed by atoms with van der Waals surface area (Å²) >= 11 is 0. The van der Waals surface area contributed by atoms with Crippen molar-refractivity contribution in [2.75, 3.05) is 11.9 Å². The molecule has 2 N–H and O–H groups in total. The predicted octanol–water partition coefficient (Wildman–Crippen LogP) is 2.75. The number of benzene rings is 1. The number of aliphatic carboxylic acids is 1. The highest BCUT2D eigenvalue weighted by atomic mass is 19.1. The highest BCUT2D eigenvalue weighted by molar-refractivity contribution is 5.71. The van der Waals surface area contributed by atoms with E-state index in [9.17, 15) is 9.18 Å². The third kappa shape index (κ3) is 3.61. The van der Waals surface area contributed by atoms with Crippen molar-refractivity contribution in [1.82, 2.24) is 0 Å². The van der Waals surface area contributed by atoms with Crippen molar-refractivity contribution in [3.63, 3.8) is 0 Å². The topological polar surface area (TPSA) is 58.6 Å². The molecule has 0 heterocycles. The molecule has 5 heteroatoms. The molecule has 0 aliphatic heterocycles. The number of rotatable bonds is 6. The number of hydrogen-bond donors (Lipinski definition) is 2. The molecule has 0 bridgehead atoms. The van der Waals surface area contributed by atoms with Gasteiger partial charge < -0.3 is 15.2 Å². The molecule has 4 nitrogen and oxygen atoms in total. The molecule has 1 aromatic rings. The van der Waals surface area contributed by atoms with Gasteiger partial charge in [-0.05, 0) is 32.9 Å². The van der Waals surface area contributed by atoms with E-state index in [0.717, 1.165) is 0 Å². The number of ether oxygens (including phenoxy) is 1. The summed E-state index contributed by atoms with van der Waals surface area (Å²) in [5.41, 5.74) is 0.538. The Bertz CT molecular complexity index is 423. The van der Waals surface area contributed by atoms with Crippen molar-refractivity contribution in [2.24, 2.45) is 5.92 Å². The smallest absolute Gasteiger partial charge is 0.308 e. The minimum absolute atomic E-state index is 0.196. The summed E-state index contributed by atoms with van der Waals surface area (Å²) in [6, 6.07) is 4.20. The lowest BCUT2D eigenvalue weighted by Gasteiger charge is -2.19. The van der Waals surface area contributed by atoms with Gasteiger partial charge in [-0.15, -0.1) is 0 Å². The van der Waals surface area contributed by atoms with Gasteiger partial charge in [-0.2, -0.15) is 0 Å². The number of carbonyl (C=O) groups is 1. The maximum Gasteiger partial charge on any atom is 0.308 e. The summed E-state index contributed by atoms with van der Waals surface area (Å²) in [4.78, 5) is 10.8. The number of carboxylic acids is 1. The summed E-state index contributed by atoms with van der Waals surface area (Å²) in [5, 5.41) is 11.8. The molecule has 2 atom stereocenters. The van der Waals surface area contributed by atoms with Crippen LogP contribution >= 0.6 is 0 Å². The first-order valence-electron chi connectivity index (χ1n) is 5.87. The molecular formula is C13H18FNO3. The van der Waals surface area contributed by atoms with Gasteiger partial charge in [0.05, 0.1) is 12.5 Å². The van der Waals surface area contributed by atoms with Crippen molar-refractivity contribution < 1.29 is 19.0 Å². The van der Waals surface area contributed by atoms with Gasteiger partial charge in [-0.3, -0.25) is 4.79 Å². The second kappa shape index (κ2) is 6.23. The lowest BCUT2D eigenvalue weighted by atomic mass is 10.0. The van der Waals surface area contributed by atoms with Crippen molar-refractivity contribution >= 4 is 11.7 Å². The second-order valence-corrected chi connectivity index (χ2v) is 4.14. The maximum absolute atomic E-state index is 13.6. The number of carboxylic acid groups (broad SMARTS) is 1. The third-order valence-electron chi connectivity index (χ3n) is 2.77. The van der Waals surface area contributed by atoms with E-state index in [0.29, 0.717) is 12.3 Å². The largest absolute Gasteiger partial charge is 0.491 e. The van der Waals surface area contributed by atoms with E-state index in [4.69, 9.17) is 9.84 Å². The summed E-state index contributed by atoms with van der Waals surface area (Å²) in [6.07, 6.45) is 0. The molecular weight excluding hydrogens is 237 g/mol. The molecule has 2 unspecified atom stereocenters. The van der Waals surface area contributed by atoms with Gasteiger partial charge in [-0.1, -0.05) is 0 Å². The fraction of sp³-hybridized carbons (Fsp3) is 0.462. The molecule has 0 spiro atoms. The molecule has 1 rings (SSSR count). The van der Waals surface area contributed by atoms with Gasteiger partial charge in [-0.25, -0.2) is 4.39 Å². The minimum atomic E-state index is -0.888. The molecule has 1 aromatic carbocycles. The van der Waals surface area contributed by atoms with Gasteiger partial charge in [0.2, 0.25) is 0 Å². The van der Waals surface area contributed by atoms with Gasteiger partial charge in [0.1, 0.15) is 0 Å². The Kier molecular flexibility index (Phi) is 4.95. The van der Waals surface area contributed by atoms with E-state index in [2.05, 4.69) is 5.32 Å². The Hall–Kier alpha value is -1.78. The van der Waals surface area contributed by atoms with Crippen LogP contribution in [0.5, 0.6) is 5.75 Å². The second-order valence-electron chi connectivity index (χ2n) is 4.14. The fourth-order valence-electron chi connectivity index (χ4n) is 1.46. The minimum Gasteiger partial charge on any atom is -0.491 e. The van der Waals surface area contributed by atoms with Crippen molar-refractivity contribution in [3.05, 3.63) is 24.0 Å². The maximum atomic E-state index is 13.6. The summed E-state index contributed by atoms with van der Waals surface area (Å²) in [7, 11) is 0. The van der Waals surface area contributed by atoms with Crippen LogP contribution in [0, 0.1) is 11.7 Å². The lowest BCUT2D eigenvalue weighted by molar-refractivity contribution is -0.141. The van der Waals surface area contributed by atoms with E-state index < -0.39 is 17.7 Å². The van der Waals surface area contributed by atoms with E-state index in [1.54, 1.807) is 26.8 Å². The zero-order valence-electron chi connectivity index (χ0n) is 10.7. The normalized spacial score (nSPS) is 13.8. The van der Waals surface area contributed by atoms with Gasteiger partial charge >= 0.3 is 5.97 Å². The number of halogens is 1. The first-order chi connectivity index (χ1) is 8.45. The average molecular weight is 255 g/mol. The molecule has 0 saturated carbocycles. The lowest BCUT2D eigenvalue weighted by Crippen LogP contribution is -2.29. The Balaban J connectivity index is 2.74. The molecule has 0 saturated heterocycles. The molecule has 100 valence electrons. The number of anilines is 1. The van der Waals surface area contributed by atoms with Crippen LogP contribution in [-0.2, 0) is 4.79 Å². The van der Waals surface area contributed by atoms with Crippen LogP contribution in [0.15, 0.2) is 18.2 Å². The molecule has 0 amide bonds. The molecule has 0 fully saturated rings. The van der Waals surface area contributed by atoms with Crippen LogP contribution in [-0.4, -0.2) is 23.7 Å². The monoisotopic (exact) mass is 255 g/mol. The van der Waals surface area contributed by atoms with E-state index >= 15 is 0 Å². The average Bonchev–Trinajstić information content (AvgIpc) is 2.31. The van der Waals surface area contributed by atoms with Crippen LogP contribution in [0.2, 0.25) is 0 Å². The molecule has 0 aliphatic rings. The van der Waals surface area contributed by atoms with Crippen LogP contribution < -0.4 is 10.1 Å². The quantitative estimate of drug-likeness (QED) is 0.820. The zero-order valence-corrected chi connectivity index (χ0v) is 10.7. The Morgan fingerprint density at radius 2 is 2.17 bits per heavy atom. The van der Waals surface area contributed by atoms with E-state index in [-0.39, 0.29) is 11.8 Å². The van der Waals surface area contributed by atoms with Gasteiger partial charge in [0, 0.05) is 17.8 Å². The van der Waals surface area contributed by atoms with E-state index in [1.807, 2.05) is 0 Å². The number of nitrogens with one attached hydrogen (secondary N) is 1. The summed E-state index contributed by atoms with van der Waals surface area (Å²) in [6.45, 7) is 5.52. The molecule has 18 heavy (non-hydrogen) atoms. The Morgan fingerprint density at radius 3 is 2.67 bits per heavy atom. The first kappa shape index (κ1) is 14.3. The zero-order chi connectivity index (χ0) is 13.7. The van der Waals surface area contributed by atoms with Crippen molar-refractivity contribution in [1.29, 1.82) is 0 Å². The molecule has 0 aromatic heterocycles. The van der Waals surface area contributed by atoms with Gasteiger partial charge in [0.15, 0.2) is 11.6 Å². The highest BCUT2D eigenvalue weighted by Crippen LogP contribution is 2.22. The molecule has 0 aliphatic carbocycles. The van der Waals surface area contributed by atoms with Crippen LogP contribution in [0.3, 0.4) is 0 Å². The Morgan fingerprint density at radius 1 is 1.50 bits per heavy atom. The first-order valence-corrected chi connectivity index (χ1v) is 5.87. The van der Waals surface area contributed by atoms with E-state index in [1.165, 1.54) is 12.1 Å². The van der Waals surface area contributed by atoms with Crippen LogP contribution in [0.25, 0.3) is 0 Å². The highest BCUT2D eigenvalue weighted by Gasteiger charge is 2.19. The summed E-state index contributed by atoms with van der Waals surface area (Å²) < 4.78 is 18.7. The van der Waals surface area contributed by atoms with Crippen molar-refractivity contribution in [2.45, 2.75) is 26.8 Å². The number of hydrogen-bond acceptors (Lipinski definition) is 3. The summed E-state index contributed by atoms with van der Waals surface area (Å²) in [5.74, 6) is -1.71. The van der Waals surface area contributed by atoms with Crippen LogP contribution in [0.1, 0.15) is 20.8 Å². The SMILES string of the molecule is CCOc1ccc(NC(C)C(C)C(=O)O)cc1F. The fourth-order valence-corrected chi connectivity index (χ4v) is 1.46. The molecule has 0 radical (unpaired) electrons. The van der Waals surface area contributed by atoms with Crippen LogP contribution in [0.4, 0.5) is 10.1 Å². The van der Waals surface area contributed by atoms with Crippen molar-refractivity contribution in [3.8, 4) is 5.75 Å². The predicted molar refractivity (Wildman–Crippen MR) is 67.5 cm³/mol. The van der Waals surface area contributed by atoms with Gasteiger partial charge in [0.25, 0.3) is 0 Å². The third-order valence-corrected chi connectivity index (χ3v) is 2.77. The Labute approximate surface area is 106 Å². The standard InChI is InChI=1S/C13H18FNO3/c1-4-18-12-6-5-10(7-11(12)14)15-9(3)8(2)13(16)17/h5-9,15H,4H2,1-3H3,(H,16,17).